The molecule has 1 fully saturated rings. The molecule has 38 heavy (non-hydrogen) atoms. The van der Waals surface area contributed by atoms with E-state index in [2.05, 4.69) is 25.3 Å². The van der Waals surface area contributed by atoms with Gasteiger partial charge in [-0.25, -0.2) is 23.4 Å². The molecular formula is C24H22F3N7O3S. The highest BCUT2D eigenvalue weighted by atomic mass is 32.2. The Bertz CT molecular complexity index is 1580. The third-order valence-electron chi connectivity index (χ3n) is 6.58. The number of carbonyl (C=O) groups is 1. The average Bonchev–Trinajstić information content (AvgIpc) is 3.34. The summed E-state index contributed by atoms with van der Waals surface area (Å²) in [6.45, 7) is 0. The first-order valence-electron chi connectivity index (χ1n) is 11.7. The second-order valence-electron chi connectivity index (χ2n) is 8.96. The molecule has 198 valence electrons. The maximum atomic E-state index is 12.8. The summed E-state index contributed by atoms with van der Waals surface area (Å²) < 4.78 is 63.2. The molecular weight excluding hydrogens is 523 g/mol. The average molecular weight is 546 g/mol. The Kier molecular flexibility index (Phi) is 6.51. The third kappa shape index (κ3) is 4.78. The van der Waals surface area contributed by atoms with Crippen molar-refractivity contribution in [3.63, 3.8) is 0 Å². The van der Waals surface area contributed by atoms with E-state index in [1.165, 1.54) is 0 Å². The molecule has 0 bridgehead atoms. The number of rotatable bonds is 5. The summed E-state index contributed by atoms with van der Waals surface area (Å²) in [5, 5.41) is 2.66. The molecule has 4 aromatic rings. The minimum absolute atomic E-state index is 0.0375. The Labute approximate surface area is 215 Å². The molecule has 0 spiro atoms. The van der Waals surface area contributed by atoms with Crippen molar-refractivity contribution < 1.29 is 26.4 Å². The molecule has 0 radical (unpaired) electrons. The van der Waals surface area contributed by atoms with Crippen molar-refractivity contribution in [2.45, 2.75) is 42.1 Å². The number of imidazole rings is 1. The SMILES string of the molecule is Nc1nc(-c2ccncc2)nc2c1ncn2C1CCC(C(=O)Nc2ccc(S(=O)(=O)C(F)(F)F)cc2)CC1. The number of nitrogen functional groups attached to an aromatic ring is 1. The Hall–Kier alpha value is -4.07. The summed E-state index contributed by atoms with van der Waals surface area (Å²) in [6.07, 6.45) is 7.42. The van der Waals surface area contributed by atoms with Crippen LogP contribution in [-0.2, 0) is 14.6 Å². The first kappa shape index (κ1) is 25.6. The number of amides is 1. The minimum Gasteiger partial charge on any atom is -0.382 e. The number of benzene rings is 1. The zero-order valence-corrected chi connectivity index (χ0v) is 20.6. The molecule has 10 nitrogen and oxygen atoms in total. The largest absolute Gasteiger partial charge is 0.501 e. The maximum Gasteiger partial charge on any atom is 0.501 e. The van der Waals surface area contributed by atoms with Crippen molar-refractivity contribution in [1.29, 1.82) is 0 Å². The van der Waals surface area contributed by atoms with Crippen LogP contribution in [0.1, 0.15) is 31.7 Å². The number of aromatic nitrogens is 5. The van der Waals surface area contributed by atoms with Gasteiger partial charge in [-0.15, -0.1) is 0 Å². The summed E-state index contributed by atoms with van der Waals surface area (Å²) >= 11 is 0. The lowest BCUT2D eigenvalue weighted by molar-refractivity contribution is -0.121. The van der Waals surface area contributed by atoms with Gasteiger partial charge >= 0.3 is 5.51 Å². The van der Waals surface area contributed by atoms with Gasteiger partial charge in [-0.1, -0.05) is 0 Å². The van der Waals surface area contributed by atoms with E-state index in [4.69, 9.17) is 5.73 Å². The predicted molar refractivity (Wildman–Crippen MR) is 132 cm³/mol. The maximum absolute atomic E-state index is 12.8. The smallest absolute Gasteiger partial charge is 0.382 e. The van der Waals surface area contributed by atoms with E-state index in [0.717, 1.165) is 29.8 Å². The zero-order valence-electron chi connectivity index (χ0n) is 19.8. The molecule has 1 saturated carbocycles. The molecule has 1 aliphatic rings. The van der Waals surface area contributed by atoms with Crippen LogP contribution in [0.3, 0.4) is 0 Å². The summed E-state index contributed by atoms with van der Waals surface area (Å²) in [6, 6.07) is 7.55. The fourth-order valence-electron chi connectivity index (χ4n) is 4.55. The number of carbonyl (C=O) groups excluding carboxylic acids is 1. The molecule has 14 heteroatoms. The normalized spacial score (nSPS) is 18.4. The lowest BCUT2D eigenvalue weighted by atomic mass is 9.85. The van der Waals surface area contributed by atoms with Gasteiger partial charge in [0.15, 0.2) is 17.3 Å². The summed E-state index contributed by atoms with van der Waals surface area (Å²) in [5.74, 6) is 0.132. The molecule has 1 aromatic carbocycles. The fraction of sp³-hybridized carbons (Fsp3) is 0.292. The highest BCUT2D eigenvalue weighted by molar-refractivity contribution is 7.92. The zero-order chi connectivity index (χ0) is 27.1. The molecule has 0 unspecified atom stereocenters. The topological polar surface area (TPSA) is 146 Å². The molecule has 3 N–H and O–H groups in total. The first-order chi connectivity index (χ1) is 18.0. The first-order valence-corrected chi connectivity index (χ1v) is 13.2. The van der Waals surface area contributed by atoms with Crippen molar-refractivity contribution in [3.05, 3.63) is 55.1 Å². The molecule has 3 aromatic heterocycles. The number of halogens is 3. The third-order valence-corrected chi connectivity index (χ3v) is 8.09. The van der Waals surface area contributed by atoms with Crippen LogP contribution in [0.5, 0.6) is 0 Å². The summed E-state index contributed by atoms with van der Waals surface area (Å²) in [4.78, 5) is 29.3. The van der Waals surface area contributed by atoms with Crippen molar-refractivity contribution >= 4 is 38.4 Å². The van der Waals surface area contributed by atoms with Crippen molar-refractivity contribution in [2.24, 2.45) is 5.92 Å². The molecule has 3 heterocycles. The van der Waals surface area contributed by atoms with Gasteiger partial charge in [0.2, 0.25) is 5.91 Å². The highest BCUT2D eigenvalue weighted by Gasteiger charge is 2.46. The fourth-order valence-corrected chi connectivity index (χ4v) is 5.31. The second-order valence-corrected chi connectivity index (χ2v) is 10.9. The number of hydrogen-bond acceptors (Lipinski definition) is 8. The second kappa shape index (κ2) is 9.67. The number of nitrogens with two attached hydrogens (primary N) is 1. The monoisotopic (exact) mass is 545 g/mol. The van der Waals surface area contributed by atoms with Gasteiger partial charge in [0.25, 0.3) is 9.84 Å². The lowest BCUT2D eigenvalue weighted by Crippen LogP contribution is -2.28. The van der Waals surface area contributed by atoms with Crippen LogP contribution in [-0.4, -0.2) is 44.3 Å². The van der Waals surface area contributed by atoms with E-state index < -0.39 is 20.2 Å². The van der Waals surface area contributed by atoms with Gasteiger partial charge in [-0.3, -0.25) is 9.78 Å². The quantitative estimate of drug-likeness (QED) is 0.381. The van der Waals surface area contributed by atoms with Crippen LogP contribution in [0.25, 0.3) is 22.6 Å². The molecule has 1 amide bonds. The molecule has 1 aliphatic carbocycles. The number of alkyl halides is 3. The van der Waals surface area contributed by atoms with E-state index in [1.54, 1.807) is 30.9 Å². The number of fused-ring (bicyclic) bond motifs is 1. The van der Waals surface area contributed by atoms with Gasteiger partial charge in [-0.2, -0.15) is 13.2 Å². The van der Waals surface area contributed by atoms with Crippen molar-refractivity contribution in [1.82, 2.24) is 24.5 Å². The number of sulfone groups is 1. The lowest BCUT2D eigenvalue weighted by Gasteiger charge is -2.28. The van der Waals surface area contributed by atoms with Crippen molar-refractivity contribution in [3.8, 4) is 11.4 Å². The number of nitrogens with zero attached hydrogens (tertiary/aromatic N) is 5. The van der Waals surface area contributed by atoms with Gasteiger partial charge < -0.3 is 15.6 Å². The molecule has 0 aliphatic heterocycles. The van der Waals surface area contributed by atoms with Crippen LogP contribution in [0.4, 0.5) is 24.7 Å². The van der Waals surface area contributed by atoms with Gasteiger partial charge in [0.1, 0.15) is 5.52 Å². The Morgan fingerprint density at radius 2 is 1.66 bits per heavy atom. The van der Waals surface area contributed by atoms with E-state index in [1.807, 2.05) is 4.57 Å². The van der Waals surface area contributed by atoms with Crippen LogP contribution < -0.4 is 11.1 Å². The van der Waals surface area contributed by atoms with E-state index in [0.29, 0.717) is 42.7 Å². The predicted octanol–water partition coefficient (Wildman–Crippen LogP) is 4.13. The van der Waals surface area contributed by atoms with E-state index in [-0.39, 0.29) is 29.4 Å². The molecule has 0 atom stereocenters. The molecule has 0 saturated heterocycles. The minimum atomic E-state index is -5.45. The Balaban J connectivity index is 1.26. The number of pyridine rings is 1. The van der Waals surface area contributed by atoms with E-state index >= 15 is 0 Å². The van der Waals surface area contributed by atoms with Crippen LogP contribution >= 0.6 is 0 Å². The van der Waals surface area contributed by atoms with Crippen molar-refractivity contribution in [2.75, 3.05) is 11.1 Å². The number of hydrogen-bond donors (Lipinski definition) is 2. The highest BCUT2D eigenvalue weighted by Crippen LogP contribution is 2.36. The number of nitrogens with one attached hydrogen (secondary N) is 1. The van der Waals surface area contributed by atoms with Crippen LogP contribution in [0.2, 0.25) is 0 Å². The van der Waals surface area contributed by atoms with Crippen LogP contribution in [0.15, 0.2) is 60.0 Å². The number of anilines is 2. The standard InChI is InChI=1S/C24H22F3N7O3S/c25-24(26,27)38(36,37)18-7-3-16(4-8-18)31-23(35)15-1-5-17(6-2-15)34-13-30-19-20(28)32-21(33-22(19)34)14-9-11-29-12-10-14/h3-4,7-13,15,17H,1-2,5-6H2,(H,31,35)(H2,28,32,33). The van der Waals surface area contributed by atoms with Gasteiger partial charge in [0.05, 0.1) is 11.2 Å². The van der Waals surface area contributed by atoms with Gasteiger partial charge in [-0.05, 0) is 62.1 Å². The summed E-state index contributed by atoms with van der Waals surface area (Å²) in [7, 11) is -5.45. The molecule has 5 rings (SSSR count). The Morgan fingerprint density at radius 3 is 2.29 bits per heavy atom. The van der Waals surface area contributed by atoms with E-state index in [9.17, 15) is 26.4 Å². The van der Waals surface area contributed by atoms with Gasteiger partial charge in [0, 0.05) is 35.6 Å². The van der Waals surface area contributed by atoms with Crippen LogP contribution in [0, 0.1) is 5.92 Å². The Morgan fingerprint density at radius 1 is 1.00 bits per heavy atom. The summed E-state index contributed by atoms with van der Waals surface area (Å²) in [5.41, 5.74) is 2.84.